The summed E-state index contributed by atoms with van der Waals surface area (Å²) in [5, 5.41) is 9.91. The number of aliphatic imine (C=N–C) groups is 1. The van der Waals surface area contributed by atoms with Gasteiger partial charge in [-0.05, 0) is 42.5 Å². The Bertz CT molecular complexity index is 4990. The number of allylic oxidation sites excluding steroid dienone is 1. The van der Waals surface area contributed by atoms with Gasteiger partial charge in [-0.25, -0.2) is 33.1 Å². The first-order chi connectivity index (χ1) is 51.3. The molecule has 3 saturated heterocycles. The molecule has 550 valence electrons. The van der Waals surface area contributed by atoms with Gasteiger partial charge in [-0.2, -0.15) is 10.2 Å². The Morgan fingerprint density at radius 2 is 0.766 bits per heavy atom. The van der Waals surface area contributed by atoms with Gasteiger partial charge in [-0.15, -0.1) is 0 Å². The van der Waals surface area contributed by atoms with Crippen LogP contribution in [0.3, 0.4) is 0 Å². The molecule has 0 unspecified atom stereocenters. The van der Waals surface area contributed by atoms with Gasteiger partial charge in [0.25, 0.3) is 52.8 Å². The second-order valence-corrected chi connectivity index (χ2v) is 24.7. The lowest BCUT2D eigenvalue weighted by Crippen LogP contribution is -2.52. The molecule has 0 atom stereocenters. The van der Waals surface area contributed by atoms with Crippen molar-refractivity contribution >= 4 is 115 Å². The van der Waals surface area contributed by atoms with E-state index in [0.717, 1.165) is 12.4 Å². The number of benzene rings is 3. The van der Waals surface area contributed by atoms with Crippen molar-refractivity contribution < 1.29 is 66.1 Å². The minimum atomic E-state index is -0.721. The number of carbonyl (C=O) groups excluding carboxylic acids is 9. The highest BCUT2D eigenvalue weighted by molar-refractivity contribution is 6.47. The van der Waals surface area contributed by atoms with Gasteiger partial charge in [-0.3, -0.25) is 48.1 Å². The molecular weight excluding hydrogens is 1430 g/mol. The fraction of sp³-hybridized carbons (Fsp3) is 0.230. The zero-order valence-electron chi connectivity index (χ0n) is 57.0. The molecule has 0 aliphatic carbocycles. The Hall–Kier alpha value is -12.8. The maximum Gasteiger partial charge on any atom is 0.295 e. The van der Waals surface area contributed by atoms with Gasteiger partial charge < -0.3 is 58.6 Å². The summed E-state index contributed by atoms with van der Waals surface area (Å²) in [6, 6.07) is 26.9. The van der Waals surface area contributed by atoms with Crippen molar-refractivity contribution in [3.05, 3.63) is 214 Å². The molecule has 0 bridgehead atoms. The molecule has 33 heteroatoms. The van der Waals surface area contributed by atoms with Gasteiger partial charge in [-0.1, -0.05) is 85.2 Å². The summed E-state index contributed by atoms with van der Waals surface area (Å²) in [5.74, 6) is -3.40. The van der Waals surface area contributed by atoms with Crippen molar-refractivity contribution in [2.24, 2.45) is 4.99 Å². The van der Waals surface area contributed by atoms with Crippen molar-refractivity contribution in [3.8, 4) is 28.9 Å². The number of hydrogen-bond acceptors (Lipinski definition) is 18. The number of Topliss-reactive ketones (excluding diaryl/α,β-unsaturated/α-hetero) is 3. The van der Waals surface area contributed by atoms with Crippen LogP contribution in [0.1, 0.15) is 69.6 Å². The summed E-state index contributed by atoms with van der Waals surface area (Å²) in [5.41, 5.74) is 3.54. The Balaban J connectivity index is 0.000000153. The summed E-state index contributed by atoms with van der Waals surface area (Å²) in [6.07, 6.45) is 16.5. The number of halogens is 4. The molecule has 3 N–H and O–H groups in total. The van der Waals surface area contributed by atoms with Crippen LogP contribution in [0.2, 0.25) is 10.2 Å². The number of amides is 6. The van der Waals surface area contributed by atoms with Crippen LogP contribution in [0.5, 0.6) is 17.2 Å². The highest BCUT2D eigenvalue weighted by atomic mass is 35.5. The summed E-state index contributed by atoms with van der Waals surface area (Å²) < 4.78 is 43.9. The second kappa shape index (κ2) is 33.8. The molecule has 0 saturated carbocycles. The van der Waals surface area contributed by atoms with Gasteiger partial charge in [0.2, 0.25) is 0 Å². The van der Waals surface area contributed by atoms with E-state index in [9.17, 15) is 51.9 Å². The third kappa shape index (κ3) is 16.3. The van der Waals surface area contributed by atoms with Gasteiger partial charge >= 0.3 is 0 Å². The van der Waals surface area contributed by atoms with Crippen LogP contribution in [-0.2, 0) is 14.4 Å². The zero-order chi connectivity index (χ0) is 74.7. The molecule has 6 amide bonds. The number of nitrogens with zero attached hydrogens (tertiary/aromatic N) is 14. The van der Waals surface area contributed by atoms with E-state index >= 15 is 0 Å². The van der Waals surface area contributed by atoms with E-state index in [0.29, 0.717) is 118 Å². The van der Waals surface area contributed by atoms with Crippen molar-refractivity contribution in [1.29, 1.82) is 0 Å². The van der Waals surface area contributed by atoms with E-state index < -0.39 is 40.9 Å². The van der Waals surface area contributed by atoms with Gasteiger partial charge in [0.05, 0.1) is 132 Å². The van der Waals surface area contributed by atoms with Crippen molar-refractivity contribution in [3.63, 3.8) is 0 Å². The van der Waals surface area contributed by atoms with E-state index in [1.165, 1.54) is 101 Å². The number of methoxy groups -OCH3 is 3. The molecule has 29 nitrogen and oxygen atoms in total. The number of pyridine rings is 3. The van der Waals surface area contributed by atoms with Gasteiger partial charge in [0.15, 0.2) is 22.6 Å². The summed E-state index contributed by atoms with van der Waals surface area (Å²) in [6.45, 7) is 4.15. The molecule has 3 aromatic carbocycles. The molecule has 0 spiro atoms. The number of ketones is 3. The smallest absolute Gasteiger partial charge is 0.295 e. The number of nitrogens with one attached hydrogen (secondary N) is 3. The highest BCUT2D eigenvalue weighted by Gasteiger charge is 2.35. The molecule has 8 aromatic heterocycles. The Labute approximate surface area is 618 Å². The fourth-order valence-corrected chi connectivity index (χ4v) is 12.5. The lowest BCUT2D eigenvalue weighted by molar-refractivity contribution is -0.128. The van der Waals surface area contributed by atoms with Crippen LogP contribution in [-0.4, -0.2) is 244 Å². The molecule has 11 aromatic rings. The number of carbonyl (C=O) groups is 9. The van der Waals surface area contributed by atoms with Gasteiger partial charge in [0.1, 0.15) is 23.1 Å². The van der Waals surface area contributed by atoms with Crippen LogP contribution in [0.25, 0.3) is 44.3 Å². The van der Waals surface area contributed by atoms with Crippen LogP contribution in [0.4, 0.5) is 8.78 Å². The van der Waals surface area contributed by atoms with E-state index in [1.807, 2.05) is 42.5 Å². The molecule has 3 fully saturated rings. The summed E-state index contributed by atoms with van der Waals surface area (Å²) >= 11 is 12.1. The Morgan fingerprint density at radius 1 is 0.430 bits per heavy atom. The average Bonchev–Trinajstić information content (AvgIpc) is 1.07. The SMILES string of the molecule is C.COc1cnc(-n2cc(Cl)cn2)c2[nH]cc(C(=O)C(=O)N3CCN(C(=O)c4ccccc4)CC3)c12.COc1cnc(-n2cc(F)cn2)c2[nH]cc(C(=O)C(=O)N3CCN(C(=O)c4ccccc4)CC3)c12.COc1cnc(Cl)c2[nH]cc(C(=O)C(=O)N3CCN(C(=O)c4ccccc4)CC3)c12.FC1=CCN=C1. The molecule has 4 aliphatic rings. The summed E-state index contributed by atoms with van der Waals surface area (Å²) in [7, 11) is 4.35. The number of aromatic nitrogens is 10. The monoisotopic (exact) mass is 1500 g/mol. The number of aromatic amines is 3. The van der Waals surface area contributed by atoms with E-state index in [4.69, 9.17) is 37.4 Å². The number of ether oxygens (including phenoxy) is 3. The normalized spacial score (nSPS) is 14.0. The van der Waals surface area contributed by atoms with Crippen LogP contribution in [0, 0.1) is 5.82 Å². The highest BCUT2D eigenvalue weighted by Crippen LogP contribution is 2.36. The molecule has 4 aliphatic heterocycles. The molecular formula is C74H69Cl2F2N17O12. The number of rotatable bonds is 14. The second-order valence-electron chi connectivity index (χ2n) is 23.9. The van der Waals surface area contributed by atoms with Gasteiger partial charge in [0, 0.05) is 114 Å². The maximum absolute atomic E-state index is 13.5. The third-order valence-corrected chi connectivity index (χ3v) is 18.2. The van der Waals surface area contributed by atoms with Crippen LogP contribution in [0.15, 0.2) is 170 Å². The first kappa shape index (κ1) is 75.4. The Kier molecular flexibility index (Phi) is 23.8. The summed E-state index contributed by atoms with van der Waals surface area (Å²) in [4.78, 5) is 151. The molecule has 15 rings (SSSR count). The van der Waals surface area contributed by atoms with Crippen LogP contribution < -0.4 is 14.2 Å². The fourth-order valence-electron chi connectivity index (χ4n) is 12.2. The van der Waals surface area contributed by atoms with Crippen molar-refractivity contribution in [2.45, 2.75) is 7.43 Å². The quantitative estimate of drug-likeness (QED) is 0.0521. The van der Waals surface area contributed by atoms with E-state index in [2.05, 4.69) is 45.1 Å². The lowest BCUT2D eigenvalue weighted by atomic mass is 10.1. The van der Waals surface area contributed by atoms with E-state index in [-0.39, 0.29) is 104 Å². The lowest BCUT2D eigenvalue weighted by Gasteiger charge is -2.34. The maximum atomic E-state index is 13.5. The van der Waals surface area contributed by atoms with Crippen LogP contribution >= 0.6 is 23.2 Å². The number of hydrogen-bond donors (Lipinski definition) is 3. The predicted octanol–water partition coefficient (Wildman–Crippen LogP) is 8.59. The van der Waals surface area contributed by atoms with Crippen molar-refractivity contribution in [1.82, 2.24) is 78.9 Å². The largest absolute Gasteiger partial charge is 0.494 e. The Morgan fingerprint density at radius 3 is 1.07 bits per heavy atom. The standard InChI is InChI=1S/C24H21ClN6O4.C24H21FN6O4.C21H19ClN4O4.C4H4FN.CH4/c2*1-35-18-13-27-22(31-14-16(25)11-28-31)20-19(18)17(12-26-20)21(32)24(34)30-9-7-29(8-10-30)23(33)15-5-3-2-4-6-15;1-30-15-12-24-19(22)17-16(15)14(11-23-17)18(27)21(29)26-9-7-25(8-10-26)20(28)13-5-3-2-4-6-13;5-4-1-2-6-3-4;/h2*2-6,11-14,26H,7-10H2,1H3;2-6,11-12,23H,7-10H2,1H3;1,3H,2H2;1H4. The zero-order valence-corrected chi connectivity index (χ0v) is 58.5. The minimum Gasteiger partial charge on any atom is -0.494 e. The molecule has 107 heavy (non-hydrogen) atoms. The first-order valence-electron chi connectivity index (χ1n) is 32.9. The first-order valence-corrected chi connectivity index (χ1v) is 33.7. The van der Waals surface area contributed by atoms with E-state index in [1.54, 1.807) is 69.4 Å². The predicted molar refractivity (Wildman–Crippen MR) is 391 cm³/mol. The van der Waals surface area contributed by atoms with Crippen molar-refractivity contribution in [2.75, 3.05) is 106 Å². The molecule has 12 heterocycles. The third-order valence-electron chi connectivity index (χ3n) is 17.7. The number of fused-ring (bicyclic) bond motifs is 3. The number of piperazine rings is 3. The minimum absolute atomic E-state index is 0. The number of H-pyrrole nitrogens is 3. The average molecular weight is 1500 g/mol. The molecule has 0 radical (unpaired) electrons. The topological polar surface area (TPSA) is 335 Å².